The monoisotopic (exact) mass is 150 g/mol. The maximum atomic E-state index is 12.6. The number of ether oxygens (including phenoxy) is 1. The van der Waals surface area contributed by atoms with Crippen molar-refractivity contribution in [3.05, 3.63) is 35.7 Å². The lowest BCUT2D eigenvalue weighted by Crippen LogP contribution is -1.99. The van der Waals surface area contributed by atoms with E-state index in [-0.39, 0.29) is 5.82 Å². The lowest BCUT2D eigenvalue weighted by atomic mass is 10.1. The van der Waals surface area contributed by atoms with Crippen LogP contribution in [0.1, 0.15) is 5.56 Å². The molecule has 11 heavy (non-hydrogen) atoms. The molecule has 1 aromatic carbocycles. The minimum Gasteiger partial charge on any atom is -0.489 e. The van der Waals surface area contributed by atoms with Crippen LogP contribution < -0.4 is 4.74 Å². The van der Waals surface area contributed by atoms with E-state index in [1.54, 1.807) is 6.07 Å². The average Bonchev–Trinajstić information content (AvgIpc) is 2.04. The molecule has 0 fully saturated rings. The Labute approximate surface area is 64.1 Å². The highest BCUT2D eigenvalue weighted by atomic mass is 19.1. The molecule has 0 amide bonds. The molecule has 0 saturated heterocycles. The molecule has 2 rings (SSSR count). The van der Waals surface area contributed by atoms with E-state index in [1.165, 1.54) is 12.1 Å². The highest BCUT2D eigenvalue weighted by Crippen LogP contribution is 2.23. The van der Waals surface area contributed by atoms with Crippen LogP contribution in [0, 0.1) is 5.82 Å². The van der Waals surface area contributed by atoms with Crippen molar-refractivity contribution in [2.45, 2.75) is 0 Å². The molecule has 0 unspecified atom stereocenters. The van der Waals surface area contributed by atoms with Gasteiger partial charge in [-0.2, -0.15) is 0 Å². The van der Waals surface area contributed by atoms with Gasteiger partial charge in [-0.15, -0.1) is 0 Å². The van der Waals surface area contributed by atoms with E-state index in [2.05, 4.69) is 0 Å². The first kappa shape index (κ1) is 6.40. The zero-order valence-corrected chi connectivity index (χ0v) is 5.88. The molecule has 0 aromatic heterocycles. The van der Waals surface area contributed by atoms with Gasteiger partial charge in [0, 0.05) is 11.6 Å². The summed E-state index contributed by atoms with van der Waals surface area (Å²) in [6.07, 6.45) is 3.83. The Kier molecular flexibility index (Phi) is 1.39. The molecule has 2 heteroatoms. The van der Waals surface area contributed by atoms with Crippen molar-refractivity contribution in [1.82, 2.24) is 0 Å². The maximum absolute atomic E-state index is 12.6. The molecule has 0 aliphatic carbocycles. The first-order valence-electron chi connectivity index (χ1n) is 3.45. The van der Waals surface area contributed by atoms with E-state index in [0.717, 1.165) is 5.56 Å². The standard InChI is InChI=1S/C9H7FO/c10-8-4-3-7-2-1-5-11-9(7)6-8/h1-4,6H,5H2. The molecule has 0 radical (unpaired) electrons. The van der Waals surface area contributed by atoms with Crippen molar-refractivity contribution in [2.75, 3.05) is 6.61 Å². The van der Waals surface area contributed by atoms with E-state index in [1.807, 2.05) is 12.2 Å². The molecule has 1 heterocycles. The third-order valence-corrected chi connectivity index (χ3v) is 1.61. The second kappa shape index (κ2) is 2.38. The zero-order valence-electron chi connectivity index (χ0n) is 5.88. The van der Waals surface area contributed by atoms with Gasteiger partial charge in [0.2, 0.25) is 0 Å². The zero-order chi connectivity index (χ0) is 7.68. The number of halogens is 1. The lowest BCUT2D eigenvalue weighted by Gasteiger charge is -2.11. The van der Waals surface area contributed by atoms with Crippen molar-refractivity contribution < 1.29 is 9.13 Å². The van der Waals surface area contributed by atoms with Gasteiger partial charge in [0.15, 0.2) is 0 Å². The van der Waals surface area contributed by atoms with Crippen molar-refractivity contribution >= 4 is 6.08 Å². The normalized spacial score (nSPS) is 13.9. The van der Waals surface area contributed by atoms with E-state index < -0.39 is 0 Å². The quantitative estimate of drug-likeness (QED) is 0.551. The van der Waals surface area contributed by atoms with Gasteiger partial charge in [-0.3, -0.25) is 0 Å². The van der Waals surface area contributed by atoms with Crippen LogP contribution in [-0.4, -0.2) is 6.61 Å². The van der Waals surface area contributed by atoms with Gasteiger partial charge in [-0.05, 0) is 18.2 Å². The van der Waals surface area contributed by atoms with Crippen LogP contribution in [0.5, 0.6) is 5.75 Å². The first-order valence-corrected chi connectivity index (χ1v) is 3.45. The summed E-state index contributed by atoms with van der Waals surface area (Å²) in [4.78, 5) is 0. The third-order valence-electron chi connectivity index (χ3n) is 1.61. The summed E-state index contributed by atoms with van der Waals surface area (Å²) in [5, 5.41) is 0. The molecule has 1 aromatic rings. The van der Waals surface area contributed by atoms with Crippen LogP contribution >= 0.6 is 0 Å². The van der Waals surface area contributed by atoms with Crippen molar-refractivity contribution in [2.24, 2.45) is 0 Å². The lowest BCUT2D eigenvalue weighted by molar-refractivity contribution is 0.356. The smallest absolute Gasteiger partial charge is 0.129 e. The predicted molar refractivity (Wildman–Crippen MR) is 40.9 cm³/mol. The highest BCUT2D eigenvalue weighted by Gasteiger charge is 2.04. The molecular weight excluding hydrogens is 143 g/mol. The maximum Gasteiger partial charge on any atom is 0.129 e. The van der Waals surface area contributed by atoms with Crippen LogP contribution in [0.25, 0.3) is 6.08 Å². The number of fused-ring (bicyclic) bond motifs is 1. The molecule has 0 spiro atoms. The summed E-state index contributed by atoms with van der Waals surface area (Å²) in [7, 11) is 0. The molecule has 1 nitrogen and oxygen atoms in total. The van der Waals surface area contributed by atoms with Gasteiger partial charge < -0.3 is 4.74 Å². The van der Waals surface area contributed by atoms with Crippen LogP contribution in [0.2, 0.25) is 0 Å². The van der Waals surface area contributed by atoms with Gasteiger partial charge in [0.25, 0.3) is 0 Å². The summed E-state index contributed by atoms with van der Waals surface area (Å²) in [6, 6.07) is 4.54. The SMILES string of the molecule is Fc1ccc2c(c1)OCC=C2. The van der Waals surface area contributed by atoms with Crippen LogP contribution in [0.3, 0.4) is 0 Å². The van der Waals surface area contributed by atoms with Crippen molar-refractivity contribution in [3.63, 3.8) is 0 Å². The van der Waals surface area contributed by atoms with Gasteiger partial charge in [-0.1, -0.05) is 6.08 Å². The Balaban J connectivity index is 2.53. The van der Waals surface area contributed by atoms with E-state index >= 15 is 0 Å². The number of benzene rings is 1. The van der Waals surface area contributed by atoms with Gasteiger partial charge in [-0.25, -0.2) is 4.39 Å². The Bertz CT molecular complexity index is 304. The Morgan fingerprint density at radius 1 is 1.36 bits per heavy atom. The molecule has 0 N–H and O–H groups in total. The molecular formula is C9H7FO. The Morgan fingerprint density at radius 2 is 2.27 bits per heavy atom. The number of hydrogen-bond donors (Lipinski definition) is 0. The van der Waals surface area contributed by atoms with Gasteiger partial charge in [0.1, 0.15) is 18.2 Å². The summed E-state index contributed by atoms with van der Waals surface area (Å²) in [6.45, 7) is 0.538. The van der Waals surface area contributed by atoms with Crippen LogP contribution in [-0.2, 0) is 0 Å². The molecule has 56 valence electrons. The topological polar surface area (TPSA) is 9.23 Å². The average molecular weight is 150 g/mol. The molecule has 1 aliphatic rings. The van der Waals surface area contributed by atoms with Crippen molar-refractivity contribution in [3.8, 4) is 5.75 Å². The van der Waals surface area contributed by atoms with E-state index in [4.69, 9.17) is 4.74 Å². The van der Waals surface area contributed by atoms with Crippen LogP contribution in [0.15, 0.2) is 24.3 Å². The molecule has 1 aliphatic heterocycles. The highest BCUT2D eigenvalue weighted by molar-refractivity contribution is 5.59. The van der Waals surface area contributed by atoms with E-state index in [9.17, 15) is 4.39 Å². The molecule has 0 bridgehead atoms. The Hall–Kier alpha value is -1.31. The second-order valence-corrected chi connectivity index (χ2v) is 2.40. The molecule has 0 atom stereocenters. The summed E-state index contributed by atoms with van der Waals surface area (Å²) >= 11 is 0. The third kappa shape index (κ3) is 1.11. The van der Waals surface area contributed by atoms with E-state index in [0.29, 0.717) is 12.4 Å². The van der Waals surface area contributed by atoms with Gasteiger partial charge in [0.05, 0.1) is 0 Å². The van der Waals surface area contributed by atoms with Gasteiger partial charge >= 0.3 is 0 Å². The van der Waals surface area contributed by atoms with Crippen LogP contribution in [0.4, 0.5) is 4.39 Å². The fourth-order valence-electron chi connectivity index (χ4n) is 1.08. The number of rotatable bonds is 0. The first-order chi connectivity index (χ1) is 5.36. The largest absolute Gasteiger partial charge is 0.489 e. The summed E-state index contributed by atoms with van der Waals surface area (Å²) in [5.74, 6) is 0.381. The Morgan fingerprint density at radius 3 is 3.18 bits per heavy atom. The fraction of sp³-hybridized carbons (Fsp3) is 0.111. The fourth-order valence-corrected chi connectivity index (χ4v) is 1.08. The molecule has 0 saturated carbocycles. The minimum atomic E-state index is -0.251. The summed E-state index contributed by atoms with van der Waals surface area (Å²) < 4.78 is 17.8. The second-order valence-electron chi connectivity index (χ2n) is 2.40. The minimum absolute atomic E-state index is 0.251. The summed E-state index contributed by atoms with van der Waals surface area (Å²) in [5.41, 5.74) is 0.942. The van der Waals surface area contributed by atoms with Crippen molar-refractivity contribution in [1.29, 1.82) is 0 Å². The number of hydrogen-bond acceptors (Lipinski definition) is 1. The predicted octanol–water partition coefficient (Wildman–Crippen LogP) is 2.23.